The average molecular weight is 330 g/mol. The molecule has 0 aliphatic carbocycles. The standard InChI is InChI=1S/C20H26O4/c1-19(2,3)17(23)11-15(21)13-8-7-9-14(10-13)16(22)12-18(24)20(4,5)6/h7-10H,11-12H2,1-6H3. The van der Waals surface area contributed by atoms with Crippen molar-refractivity contribution in [2.75, 3.05) is 0 Å². The van der Waals surface area contributed by atoms with Gasteiger partial charge in [-0.25, -0.2) is 0 Å². The van der Waals surface area contributed by atoms with Crippen molar-refractivity contribution < 1.29 is 19.2 Å². The summed E-state index contributed by atoms with van der Waals surface area (Å²) in [5.74, 6) is -0.919. The van der Waals surface area contributed by atoms with Crippen LogP contribution in [0.15, 0.2) is 24.3 Å². The van der Waals surface area contributed by atoms with Crippen LogP contribution in [0, 0.1) is 10.8 Å². The molecule has 0 heterocycles. The maximum atomic E-state index is 12.3. The van der Waals surface area contributed by atoms with E-state index in [0.717, 1.165) is 0 Å². The van der Waals surface area contributed by atoms with Crippen molar-refractivity contribution in [2.45, 2.75) is 54.4 Å². The van der Waals surface area contributed by atoms with Crippen LogP contribution in [0.2, 0.25) is 0 Å². The molecule has 1 rings (SSSR count). The molecule has 0 bridgehead atoms. The van der Waals surface area contributed by atoms with Crippen LogP contribution in [0.4, 0.5) is 0 Å². The fraction of sp³-hybridized carbons (Fsp3) is 0.500. The van der Waals surface area contributed by atoms with Gasteiger partial charge >= 0.3 is 0 Å². The lowest BCUT2D eigenvalue weighted by Gasteiger charge is -2.16. The van der Waals surface area contributed by atoms with E-state index in [0.29, 0.717) is 11.1 Å². The van der Waals surface area contributed by atoms with Crippen LogP contribution >= 0.6 is 0 Å². The lowest BCUT2D eigenvalue weighted by molar-refractivity contribution is -0.126. The summed E-state index contributed by atoms with van der Waals surface area (Å²) >= 11 is 0. The van der Waals surface area contributed by atoms with E-state index in [9.17, 15) is 19.2 Å². The third kappa shape index (κ3) is 5.52. The van der Waals surface area contributed by atoms with E-state index in [1.165, 1.54) is 6.07 Å². The Morgan fingerprint density at radius 3 is 1.33 bits per heavy atom. The van der Waals surface area contributed by atoms with Crippen molar-refractivity contribution in [2.24, 2.45) is 10.8 Å². The minimum atomic E-state index is -0.581. The molecule has 0 saturated heterocycles. The second-order valence-electron chi connectivity index (χ2n) is 8.13. The molecule has 0 aliphatic rings. The van der Waals surface area contributed by atoms with Crippen LogP contribution in [0.1, 0.15) is 75.1 Å². The van der Waals surface area contributed by atoms with E-state index < -0.39 is 10.8 Å². The van der Waals surface area contributed by atoms with Crippen LogP contribution in [-0.4, -0.2) is 23.1 Å². The van der Waals surface area contributed by atoms with Gasteiger partial charge in [0.25, 0.3) is 0 Å². The van der Waals surface area contributed by atoms with Gasteiger partial charge in [0.15, 0.2) is 11.6 Å². The van der Waals surface area contributed by atoms with E-state index in [1.54, 1.807) is 59.7 Å². The highest BCUT2D eigenvalue weighted by molar-refractivity contribution is 6.12. The van der Waals surface area contributed by atoms with Gasteiger partial charge in [0.05, 0.1) is 12.8 Å². The maximum Gasteiger partial charge on any atom is 0.170 e. The molecule has 4 heteroatoms. The third-order valence-electron chi connectivity index (χ3n) is 3.82. The van der Waals surface area contributed by atoms with E-state index in [1.807, 2.05) is 0 Å². The number of hydrogen-bond donors (Lipinski definition) is 0. The van der Waals surface area contributed by atoms with Crippen molar-refractivity contribution >= 4 is 23.1 Å². The van der Waals surface area contributed by atoms with Gasteiger partial charge in [0.2, 0.25) is 0 Å². The first kappa shape index (κ1) is 19.9. The Kier molecular flexibility index (Phi) is 5.99. The molecular weight excluding hydrogens is 304 g/mol. The summed E-state index contributed by atoms with van der Waals surface area (Å²) in [5.41, 5.74) is -0.520. The van der Waals surface area contributed by atoms with Gasteiger partial charge in [-0.3, -0.25) is 19.2 Å². The quantitative estimate of drug-likeness (QED) is 0.582. The molecule has 0 aliphatic heterocycles. The Labute approximate surface area is 143 Å². The van der Waals surface area contributed by atoms with Crippen LogP contribution in [0.25, 0.3) is 0 Å². The number of carbonyl (C=O) groups excluding carboxylic acids is 4. The number of rotatable bonds is 6. The minimum absolute atomic E-state index is 0.146. The molecule has 0 N–H and O–H groups in total. The summed E-state index contributed by atoms with van der Waals surface area (Å²) in [6.45, 7) is 10.6. The Bertz CT molecular complexity index is 614. The SMILES string of the molecule is CC(C)(C)C(=O)CC(=O)c1cccc(C(=O)CC(=O)C(C)(C)C)c1. The summed E-state index contributed by atoms with van der Waals surface area (Å²) in [7, 11) is 0. The van der Waals surface area contributed by atoms with E-state index in [-0.39, 0.29) is 36.0 Å². The minimum Gasteiger partial charge on any atom is -0.299 e. The number of hydrogen-bond acceptors (Lipinski definition) is 4. The van der Waals surface area contributed by atoms with Crippen molar-refractivity contribution in [1.82, 2.24) is 0 Å². The topological polar surface area (TPSA) is 68.3 Å². The second kappa shape index (κ2) is 7.20. The van der Waals surface area contributed by atoms with Gasteiger partial charge in [-0.2, -0.15) is 0 Å². The van der Waals surface area contributed by atoms with Crippen LogP contribution < -0.4 is 0 Å². The molecule has 130 valence electrons. The van der Waals surface area contributed by atoms with Gasteiger partial charge in [0, 0.05) is 22.0 Å². The predicted octanol–water partition coefficient (Wildman–Crippen LogP) is 4.06. The molecule has 0 saturated carbocycles. The summed E-state index contributed by atoms with van der Waals surface area (Å²) in [5, 5.41) is 0. The third-order valence-corrected chi connectivity index (χ3v) is 3.82. The largest absolute Gasteiger partial charge is 0.299 e. The first-order valence-corrected chi connectivity index (χ1v) is 8.05. The summed E-state index contributed by atoms with van der Waals surface area (Å²) < 4.78 is 0. The van der Waals surface area contributed by atoms with Gasteiger partial charge < -0.3 is 0 Å². The highest BCUT2D eigenvalue weighted by atomic mass is 16.2. The summed E-state index contributed by atoms with van der Waals surface area (Å²) in [6.07, 6.45) is -0.385. The number of benzene rings is 1. The fourth-order valence-corrected chi connectivity index (χ4v) is 1.89. The Hall–Kier alpha value is -2.10. The summed E-state index contributed by atoms with van der Waals surface area (Å²) in [6, 6.07) is 6.24. The Morgan fingerprint density at radius 1 is 0.708 bits per heavy atom. The van der Waals surface area contributed by atoms with Crippen molar-refractivity contribution in [3.63, 3.8) is 0 Å². The molecule has 0 spiro atoms. The van der Waals surface area contributed by atoms with Crippen LogP contribution in [0.3, 0.4) is 0 Å². The molecule has 0 fully saturated rings. The van der Waals surface area contributed by atoms with Crippen LogP contribution in [-0.2, 0) is 9.59 Å². The van der Waals surface area contributed by atoms with Gasteiger partial charge in [-0.15, -0.1) is 0 Å². The van der Waals surface area contributed by atoms with Crippen molar-refractivity contribution in [3.8, 4) is 0 Å². The normalized spacial score (nSPS) is 11.9. The summed E-state index contributed by atoms with van der Waals surface area (Å²) in [4.78, 5) is 48.5. The maximum absolute atomic E-state index is 12.3. The smallest absolute Gasteiger partial charge is 0.170 e. The molecule has 4 nitrogen and oxygen atoms in total. The molecule has 0 radical (unpaired) electrons. The van der Waals surface area contributed by atoms with Gasteiger partial charge in [-0.1, -0.05) is 59.7 Å². The molecule has 1 aromatic rings. The van der Waals surface area contributed by atoms with E-state index >= 15 is 0 Å². The zero-order valence-corrected chi connectivity index (χ0v) is 15.4. The Morgan fingerprint density at radius 2 is 1.04 bits per heavy atom. The number of carbonyl (C=O) groups is 4. The molecule has 0 amide bonds. The highest BCUT2D eigenvalue weighted by Crippen LogP contribution is 2.21. The Balaban J connectivity index is 2.91. The second-order valence-corrected chi connectivity index (χ2v) is 8.13. The van der Waals surface area contributed by atoms with Crippen molar-refractivity contribution in [1.29, 1.82) is 0 Å². The lowest BCUT2D eigenvalue weighted by atomic mass is 9.86. The zero-order valence-electron chi connectivity index (χ0n) is 15.4. The molecule has 24 heavy (non-hydrogen) atoms. The monoisotopic (exact) mass is 330 g/mol. The first-order valence-electron chi connectivity index (χ1n) is 8.05. The molecular formula is C20H26O4. The molecule has 1 aromatic carbocycles. The molecule has 0 aromatic heterocycles. The van der Waals surface area contributed by atoms with E-state index in [2.05, 4.69) is 0 Å². The predicted molar refractivity (Wildman–Crippen MR) is 93.3 cm³/mol. The molecule has 0 unspecified atom stereocenters. The lowest BCUT2D eigenvalue weighted by Crippen LogP contribution is -2.24. The highest BCUT2D eigenvalue weighted by Gasteiger charge is 2.26. The number of ketones is 4. The molecule has 0 atom stereocenters. The first-order chi connectivity index (χ1) is 10.8. The van der Waals surface area contributed by atoms with Gasteiger partial charge in [-0.05, 0) is 6.07 Å². The average Bonchev–Trinajstić information content (AvgIpc) is 2.45. The van der Waals surface area contributed by atoms with Gasteiger partial charge in [0.1, 0.15) is 11.6 Å². The van der Waals surface area contributed by atoms with Crippen LogP contribution in [0.5, 0.6) is 0 Å². The van der Waals surface area contributed by atoms with E-state index in [4.69, 9.17) is 0 Å². The number of Topliss-reactive ketones (excluding diaryl/α,β-unsaturated/α-hetero) is 4. The van der Waals surface area contributed by atoms with Crippen molar-refractivity contribution in [3.05, 3.63) is 35.4 Å². The zero-order chi connectivity index (χ0) is 18.7. The fourth-order valence-electron chi connectivity index (χ4n) is 1.89.